The minimum Gasteiger partial charge on any atom is -0.494 e. The zero-order valence-electron chi connectivity index (χ0n) is 21.3. The van der Waals surface area contributed by atoms with Gasteiger partial charge in [0.1, 0.15) is 17.0 Å². The highest BCUT2D eigenvalue weighted by molar-refractivity contribution is 7.84. The first-order chi connectivity index (χ1) is 18.4. The zero-order chi connectivity index (χ0) is 26.5. The number of hydrogen-bond acceptors (Lipinski definition) is 10. The maximum atomic E-state index is 12.1. The van der Waals surface area contributed by atoms with Gasteiger partial charge in [0.2, 0.25) is 11.9 Å². The number of benzene rings is 2. The van der Waals surface area contributed by atoms with Crippen molar-refractivity contribution in [2.24, 2.45) is 0 Å². The lowest BCUT2D eigenvalue weighted by Gasteiger charge is -2.41. The Morgan fingerprint density at radius 1 is 0.921 bits per heavy atom. The number of hydrogen-bond donors (Lipinski definition) is 2. The highest BCUT2D eigenvalue weighted by atomic mass is 127. The van der Waals surface area contributed by atoms with Crippen LogP contribution in [0.1, 0.15) is 32.1 Å². The van der Waals surface area contributed by atoms with Crippen molar-refractivity contribution < 1.29 is 34.4 Å². The van der Waals surface area contributed by atoms with Crippen molar-refractivity contribution in [3.8, 4) is 5.75 Å². The van der Waals surface area contributed by atoms with E-state index in [9.17, 15) is 8.42 Å². The van der Waals surface area contributed by atoms with E-state index in [1.54, 1.807) is 31.4 Å². The molecule has 1 saturated carbocycles. The van der Waals surface area contributed by atoms with Gasteiger partial charge in [-0.05, 0) is 37.1 Å². The summed E-state index contributed by atoms with van der Waals surface area (Å²) in [6.45, 7) is 4.20. The minimum absolute atomic E-state index is 0.177. The minimum atomic E-state index is -3.41. The summed E-state index contributed by atoms with van der Waals surface area (Å²) in [5.41, 5.74) is 2.26. The summed E-state index contributed by atoms with van der Waals surface area (Å²) in [6, 6.07) is 13.5. The number of nitrogens with one attached hydrogen (secondary N) is 2. The molecule has 1 saturated heterocycles. The molecule has 2 aromatic carbocycles. The van der Waals surface area contributed by atoms with Crippen LogP contribution in [-0.4, -0.2) is 67.6 Å². The number of rotatable bonds is 8. The first kappa shape index (κ1) is 26.9. The SMILES string of the molecule is COc1cc(N2CCN(C3CCCCC3)CC2)ccc1Nc1ncnc(Nc2ccccc2S(=O)(=O)[IH+])n1. The van der Waals surface area contributed by atoms with Crippen molar-refractivity contribution in [2.45, 2.75) is 43.0 Å². The van der Waals surface area contributed by atoms with Gasteiger partial charge in [-0.2, -0.15) is 13.4 Å². The van der Waals surface area contributed by atoms with Gasteiger partial charge in [0.15, 0.2) is 0 Å². The van der Waals surface area contributed by atoms with Gasteiger partial charge in [-0.25, -0.2) is 9.97 Å². The van der Waals surface area contributed by atoms with E-state index in [4.69, 9.17) is 4.74 Å². The second kappa shape index (κ2) is 12.0. The van der Waals surface area contributed by atoms with E-state index >= 15 is 0 Å². The van der Waals surface area contributed by atoms with Crippen LogP contribution < -0.4 is 41.5 Å². The molecule has 38 heavy (non-hydrogen) atoms. The molecule has 0 unspecified atom stereocenters. The molecule has 0 spiro atoms. The molecule has 1 aromatic heterocycles. The summed E-state index contributed by atoms with van der Waals surface area (Å²) in [5, 5.41) is 6.19. The van der Waals surface area contributed by atoms with Gasteiger partial charge >= 0.3 is 28.2 Å². The third-order valence-electron chi connectivity index (χ3n) is 7.18. The van der Waals surface area contributed by atoms with E-state index in [-0.39, 0.29) is 10.8 Å². The molecule has 5 rings (SSSR count). The van der Waals surface area contributed by atoms with E-state index in [1.807, 2.05) is 12.1 Å². The fourth-order valence-corrected chi connectivity index (χ4v) is 7.09. The number of para-hydroxylation sites is 1. The van der Waals surface area contributed by atoms with Crippen LogP contribution in [0.15, 0.2) is 53.7 Å². The number of piperazine rings is 1. The topological polar surface area (TPSA) is 113 Å². The number of anilines is 5. The molecule has 0 bridgehead atoms. The first-order valence-electron chi connectivity index (χ1n) is 12.9. The van der Waals surface area contributed by atoms with E-state index in [0.29, 0.717) is 17.4 Å². The normalized spacial score (nSPS) is 17.3. The van der Waals surface area contributed by atoms with E-state index in [2.05, 4.69) is 41.5 Å². The predicted octanol–water partition coefficient (Wildman–Crippen LogP) is 0.796. The standard InChI is InChI=1S/C26H33IN7O3S/c1-37-23-17-20(34-15-13-33(14-16-34)19-7-3-2-4-8-19)11-12-21(23)30-25-28-18-29-26(32-25)31-22-9-5-6-10-24(22)38(27,35)36/h5-6,9-12,17-19,27H,2-4,7-8,13-16H2,1H3,(H2,28,29,30,31,32)/q+1. The second-order valence-electron chi connectivity index (χ2n) is 9.53. The molecule has 12 heteroatoms. The molecule has 0 radical (unpaired) electrons. The predicted molar refractivity (Wildman–Crippen MR) is 145 cm³/mol. The molecule has 3 aromatic rings. The lowest BCUT2D eigenvalue weighted by atomic mass is 9.94. The molecule has 0 amide bonds. The number of nitrogens with zero attached hydrogens (tertiary/aromatic N) is 5. The van der Waals surface area contributed by atoms with Crippen molar-refractivity contribution in [3.63, 3.8) is 0 Å². The van der Waals surface area contributed by atoms with Crippen LogP contribution in [0.2, 0.25) is 0 Å². The van der Waals surface area contributed by atoms with Gasteiger partial charge in [0.05, 0.1) is 18.5 Å². The number of halogens is 1. The molecular weight excluding hydrogens is 617 g/mol. The van der Waals surface area contributed by atoms with Crippen LogP contribution in [0.3, 0.4) is 0 Å². The monoisotopic (exact) mass is 650 g/mol. The summed E-state index contributed by atoms with van der Waals surface area (Å²) in [7, 11) is -1.76. The molecule has 0 atom stereocenters. The Hall–Kier alpha value is -2.71. The van der Waals surface area contributed by atoms with Gasteiger partial charge in [-0.1, -0.05) is 31.4 Å². The molecule has 2 N–H and O–H groups in total. The fourth-order valence-electron chi connectivity index (χ4n) is 5.22. The second-order valence-corrected chi connectivity index (χ2v) is 14.6. The van der Waals surface area contributed by atoms with Gasteiger partial charge in [0.25, 0.3) is 0 Å². The third kappa shape index (κ3) is 6.46. The van der Waals surface area contributed by atoms with Crippen LogP contribution in [0.5, 0.6) is 5.75 Å². The molecule has 1 aliphatic carbocycles. The van der Waals surface area contributed by atoms with Crippen molar-refractivity contribution in [2.75, 3.05) is 48.8 Å². The Morgan fingerprint density at radius 3 is 2.29 bits per heavy atom. The molecule has 2 aliphatic rings. The largest absolute Gasteiger partial charge is 0.494 e. The summed E-state index contributed by atoms with van der Waals surface area (Å²) in [6.07, 6.45) is 8.16. The van der Waals surface area contributed by atoms with Crippen molar-refractivity contribution in [1.29, 1.82) is 0 Å². The smallest absolute Gasteiger partial charge is 0.404 e. The van der Waals surface area contributed by atoms with Crippen molar-refractivity contribution in [3.05, 3.63) is 48.8 Å². The van der Waals surface area contributed by atoms with Gasteiger partial charge in [-0.15, -0.1) is 0 Å². The highest BCUT2D eigenvalue weighted by Gasteiger charge is 2.26. The van der Waals surface area contributed by atoms with Crippen LogP contribution in [0.25, 0.3) is 0 Å². The fraction of sp³-hybridized carbons (Fsp3) is 0.423. The molecular formula is C26H33IN7O3S+. The molecule has 2 heterocycles. The Bertz CT molecular complexity index is 1360. The van der Waals surface area contributed by atoms with Crippen LogP contribution in [0.4, 0.5) is 29.0 Å². The Kier molecular flexibility index (Phi) is 8.48. The molecule has 202 valence electrons. The number of aromatic nitrogens is 3. The van der Waals surface area contributed by atoms with Crippen molar-refractivity contribution in [1.82, 2.24) is 19.9 Å². The maximum absolute atomic E-state index is 12.1. The van der Waals surface area contributed by atoms with E-state index in [0.717, 1.165) is 64.8 Å². The van der Waals surface area contributed by atoms with Gasteiger partial charge in [-0.3, -0.25) is 4.90 Å². The quantitative estimate of drug-likeness (QED) is 0.268. The number of methoxy groups -OCH3 is 1. The van der Waals surface area contributed by atoms with Crippen LogP contribution >= 0.6 is 0 Å². The summed E-state index contributed by atoms with van der Waals surface area (Å²) in [5.74, 6) is 1.23. The Labute approximate surface area is 235 Å². The lowest BCUT2D eigenvalue weighted by Crippen LogP contribution is -3.36. The zero-order valence-corrected chi connectivity index (χ0v) is 24.5. The average molecular weight is 651 g/mol. The van der Waals surface area contributed by atoms with E-state index < -0.39 is 7.01 Å². The van der Waals surface area contributed by atoms with Crippen molar-refractivity contribution >= 4 is 36.0 Å². The maximum Gasteiger partial charge on any atom is 0.404 e. The van der Waals surface area contributed by atoms with Gasteiger partial charge < -0.3 is 20.3 Å². The average Bonchev–Trinajstić information content (AvgIpc) is 2.94. The van der Waals surface area contributed by atoms with Crippen LogP contribution in [0, 0.1) is 0 Å². The Morgan fingerprint density at radius 2 is 1.61 bits per heavy atom. The molecule has 1 aliphatic heterocycles. The number of ether oxygens (including phenoxy) is 1. The summed E-state index contributed by atoms with van der Waals surface area (Å²) < 4.78 is 30.0. The Balaban J connectivity index is 1.26. The summed E-state index contributed by atoms with van der Waals surface area (Å²) >= 11 is 1.08. The highest BCUT2D eigenvalue weighted by Crippen LogP contribution is 2.33. The first-order valence-corrected chi connectivity index (χ1v) is 17.1. The van der Waals surface area contributed by atoms with E-state index in [1.165, 1.54) is 38.4 Å². The lowest BCUT2D eigenvalue weighted by molar-refractivity contribution is -0.164. The molecule has 2 fully saturated rings. The molecule has 10 nitrogen and oxygen atoms in total. The van der Waals surface area contributed by atoms with Crippen LogP contribution in [-0.2, 0) is 7.01 Å². The van der Waals surface area contributed by atoms with Gasteiger partial charge in [0, 0.05) is 44.0 Å². The third-order valence-corrected chi connectivity index (χ3v) is 9.61. The summed E-state index contributed by atoms with van der Waals surface area (Å²) in [4.78, 5) is 18.1.